The third kappa shape index (κ3) is 6.15. The summed E-state index contributed by atoms with van der Waals surface area (Å²) in [6.45, 7) is 9.76. The van der Waals surface area contributed by atoms with E-state index in [-0.39, 0.29) is 29.7 Å². The van der Waals surface area contributed by atoms with Gasteiger partial charge < -0.3 is 19.3 Å². The van der Waals surface area contributed by atoms with Crippen LogP contribution in [-0.2, 0) is 20.9 Å². The Bertz CT molecular complexity index is 850. The summed E-state index contributed by atoms with van der Waals surface area (Å²) < 4.78 is 11.5. The van der Waals surface area contributed by atoms with Crippen LogP contribution < -0.4 is 4.74 Å². The molecule has 1 aromatic rings. The van der Waals surface area contributed by atoms with Crippen molar-refractivity contribution in [1.29, 1.82) is 0 Å². The number of carbonyl (C=O) groups is 2. The summed E-state index contributed by atoms with van der Waals surface area (Å²) in [5.74, 6) is 1.62. The first-order valence-electron chi connectivity index (χ1n) is 12.3. The van der Waals surface area contributed by atoms with Crippen LogP contribution in [0, 0.1) is 11.8 Å². The number of hydrogen-bond acceptors (Lipinski definition) is 5. The average molecular weight is 456 g/mol. The molecule has 180 valence electrons. The summed E-state index contributed by atoms with van der Waals surface area (Å²) in [6.07, 6.45) is 5.59. The zero-order valence-corrected chi connectivity index (χ0v) is 19.9. The first kappa shape index (κ1) is 23.8. The van der Waals surface area contributed by atoms with Gasteiger partial charge in [0, 0.05) is 50.7 Å². The number of ether oxygens (including phenoxy) is 2. The van der Waals surface area contributed by atoms with Gasteiger partial charge in [-0.1, -0.05) is 30.4 Å². The van der Waals surface area contributed by atoms with Crippen molar-refractivity contribution in [1.82, 2.24) is 14.7 Å². The van der Waals surface area contributed by atoms with Gasteiger partial charge in [0.2, 0.25) is 11.8 Å². The second kappa shape index (κ2) is 11.2. The SMILES string of the molecule is CC(C)N1CC(=O)N2CC[C@@H](CC(=O)N3CCOCC3)[C@@H](/C=C/COc3ccccc3C1)C2. The van der Waals surface area contributed by atoms with Crippen LogP contribution in [0.3, 0.4) is 0 Å². The van der Waals surface area contributed by atoms with Crippen molar-refractivity contribution in [3.63, 3.8) is 0 Å². The van der Waals surface area contributed by atoms with Gasteiger partial charge in [-0.05, 0) is 38.2 Å². The first-order chi connectivity index (χ1) is 16.0. The van der Waals surface area contributed by atoms with E-state index in [1.54, 1.807) is 0 Å². The van der Waals surface area contributed by atoms with Crippen molar-refractivity contribution in [2.45, 2.75) is 39.3 Å². The Hall–Kier alpha value is -2.38. The molecule has 2 amide bonds. The summed E-state index contributed by atoms with van der Waals surface area (Å²) in [4.78, 5) is 32.3. The highest BCUT2D eigenvalue weighted by atomic mass is 16.5. The van der Waals surface area contributed by atoms with Gasteiger partial charge in [0.25, 0.3) is 0 Å². The number of rotatable bonds is 3. The Balaban J connectivity index is 1.51. The zero-order chi connectivity index (χ0) is 23.2. The molecule has 3 aliphatic rings. The lowest BCUT2D eigenvalue weighted by Crippen LogP contribution is -2.49. The summed E-state index contributed by atoms with van der Waals surface area (Å²) in [5.41, 5.74) is 1.10. The number of carbonyl (C=O) groups excluding carboxylic acids is 2. The minimum atomic E-state index is 0.153. The van der Waals surface area contributed by atoms with Crippen molar-refractivity contribution in [2.75, 3.05) is 52.5 Å². The molecule has 1 aromatic carbocycles. The molecule has 0 saturated carbocycles. The number of nitrogens with zero attached hydrogens (tertiary/aromatic N) is 3. The zero-order valence-electron chi connectivity index (χ0n) is 19.9. The number of hydrogen-bond donors (Lipinski definition) is 0. The fourth-order valence-corrected chi connectivity index (χ4v) is 4.95. The Morgan fingerprint density at radius 3 is 2.70 bits per heavy atom. The van der Waals surface area contributed by atoms with E-state index in [0.29, 0.717) is 65.5 Å². The lowest BCUT2D eigenvalue weighted by atomic mass is 9.82. The lowest BCUT2D eigenvalue weighted by molar-refractivity contribution is -0.138. The van der Waals surface area contributed by atoms with E-state index in [1.807, 2.05) is 28.0 Å². The summed E-state index contributed by atoms with van der Waals surface area (Å²) in [5, 5.41) is 0. The molecular weight excluding hydrogens is 418 g/mol. The maximum atomic E-state index is 13.3. The van der Waals surface area contributed by atoms with E-state index >= 15 is 0 Å². The molecule has 2 bridgehead atoms. The molecule has 0 aromatic heterocycles. The molecule has 0 aliphatic carbocycles. The van der Waals surface area contributed by atoms with Gasteiger partial charge in [0.1, 0.15) is 12.4 Å². The van der Waals surface area contributed by atoms with Crippen molar-refractivity contribution in [2.24, 2.45) is 11.8 Å². The largest absolute Gasteiger partial charge is 0.489 e. The van der Waals surface area contributed by atoms with E-state index in [4.69, 9.17) is 9.47 Å². The monoisotopic (exact) mass is 455 g/mol. The van der Waals surface area contributed by atoms with Crippen LogP contribution in [0.1, 0.15) is 32.3 Å². The molecule has 3 aliphatic heterocycles. The van der Waals surface area contributed by atoms with E-state index in [1.165, 1.54) is 0 Å². The molecular formula is C26H37N3O4. The highest BCUT2D eigenvalue weighted by Crippen LogP contribution is 2.30. The van der Waals surface area contributed by atoms with Crippen LogP contribution in [0.15, 0.2) is 36.4 Å². The van der Waals surface area contributed by atoms with Crippen LogP contribution in [0.5, 0.6) is 5.75 Å². The maximum absolute atomic E-state index is 13.3. The van der Waals surface area contributed by atoms with Crippen LogP contribution in [0.4, 0.5) is 0 Å². The number of amides is 2. The molecule has 0 spiro atoms. The lowest BCUT2D eigenvalue weighted by Gasteiger charge is -2.39. The topological polar surface area (TPSA) is 62.3 Å². The molecule has 33 heavy (non-hydrogen) atoms. The van der Waals surface area contributed by atoms with Crippen LogP contribution >= 0.6 is 0 Å². The van der Waals surface area contributed by atoms with Crippen molar-refractivity contribution >= 4 is 11.8 Å². The van der Waals surface area contributed by atoms with Crippen molar-refractivity contribution < 1.29 is 19.1 Å². The molecule has 0 unspecified atom stereocenters. The van der Waals surface area contributed by atoms with Gasteiger partial charge in [0.05, 0.1) is 19.8 Å². The van der Waals surface area contributed by atoms with Gasteiger partial charge >= 0.3 is 0 Å². The van der Waals surface area contributed by atoms with Gasteiger partial charge in [-0.15, -0.1) is 0 Å². The first-order valence-corrected chi connectivity index (χ1v) is 12.3. The molecule has 4 rings (SSSR count). The quantitative estimate of drug-likeness (QED) is 0.656. The number of morpholine rings is 1. The molecule has 7 nitrogen and oxygen atoms in total. The highest BCUT2D eigenvalue weighted by Gasteiger charge is 2.33. The number of fused-ring (bicyclic) bond motifs is 3. The van der Waals surface area contributed by atoms with Crippen LogP contribution in [0.25, 0.3) is 0 Å². The standard InChI is InChI=1S/C26H37N3O4/c1-20(2)29-18-23-6-3-4-8-24(23)33-13-5-7-22-17-28(26(31)19-29)10-9-21(22)16-25(30)27-11-14-32-15-12-27/h3-8,20-22H,9-19H2,1-2H3/b7-5+/t21-,22-/m0/s1. The molecule has 0 radical (unpaired) electrons. The van der Waals surface area contributed by atoms with E-state index in [0.717, 1.165) is 17.7 Å². The second-order valence-electron chi connectivity index (χ2n) is 9.60. The molecule has 0 N–H and O–H groups in total. The number of para-hydroxylation sites is 1. The third-order valence-electron chi connectivity index (χ3n) is 7.09. The summed E-state index contributed by atoms with van der Waals surface area (Å²) in [7, 11) is 0. The molecule has 2 fully saturated rings. The molecule has 2 atom stereocenters. The van der Waals surface area contributed by atoms with Gasteiger partial charge in [0.15, 0.2) is 0 Å². The minimum absolute atomic E-state index is 0.153. The Morgan fingerprint density at radius 2 is 1.91 bits per heavy atom. The maximum Gasteiger partial charge on any atom is 0.236 e. The van der Waals surface area contributed by atoms with Crippen molar-refractivity contribution in [3.05, 3.63) is 42.0 Å². The van der Waals surface area contributed by atoms with Gasteiger partial charge in [-0.3, -0.25) is 14.5 Å². The molecule has 7 heteroatoms. The summed E-state index contributed by atoms with van der Waals surface area (Å²) >= 11 is 0. The number of piperidine rings is 1. The fourth-order valence-electron chi connectivity index (χ4n) is 4.95. The Labute approximate surface area is 197 Å². The van der Waals surface area contributed by atoms with E-state index < -0.39 is 0 Å². The van der Waals surface area contributed by atoms with Gasteiger partial charge in [-0.25, -0.2) is 0 Å². The Morgan fingerprint density at radius 1 is 1.12 bits per heavy atom. The molecule has 2 saturated heterocycles. The minimum Gasteiger partial charge on any atom is -0.489 e. The second-order valence-corrected chi connectivity index (χ2v) is 9.60. The fraction of sp³-hybridized carbons (Fsp3) is 0.615. The third-order valence-corrected chi connectivity index (χ3v) is 7.09. The van der Waals surface area contributed by atoms with E-state index in [9.17, 15) is 9.59 Å². The normalized spacial score (nSPS) is 26.0. The van der Waals surface area contributed by atoms with Crippen LogP contribution in [-0.4, -0.2) is 85.1 Å². The predicted octanol–water partition coefficient (Wildman–Crippen LogP) is 2.56. The van der Waals surface area contributed by atoms with E-state index in [2.05, 4.69) is 37.0 Å². The van der Waals surface area contributed by atoms with Gasteiger partial charge in [-0.2, -0.15) is 0 Å². The smallest absolute Gasteiger partial charge is 0.236 e. The number of benzene rings is 1. The average Bonchev–Trinajstić information content (AvgIpc) is 2.83. The van der Waals surface area contributed by atoms with Crippen LogP contribution in [0.2, 0.25) is 0 Å². The Kier molecular flexibility index (Phi) is 8.04. The van der Waals surface area contributed by atoms with Crippen molar-refractivity contribution in [3.8, 4) is 5.75 Å². The highest BCUT2D eigenvalue weighted by molar-refractivity contribution is 5.79. The molecule has 3 heterocycles. The predicted molar refractivity (Wildman–Crippen MR) is 127 cm³/mol. The summed E-state index contributed by atoms with van der Waals surface area (Å²) in [6, 6.07) is 8.31.